The standard InChI is InChI=1S/C15H22F3NO2/c1-2-3-4-13(20)19-8-5-12(15(16,17)18)14(11-19)6-9-21-10-7-14/h2,12H,1,3-11H2/t12-/m1/s1. The van der Waals surface area contributed by atoms with E-state index in [9.17, 15) is 18.0 Å². The van der Waals surface area contributed by atoms with E-state index >= 15 is 0 Å². The van der Waals surface area contributed by atoms with E-state index in [0.29, 0.717) is 38.9 Å². The third-order valence-corrected chi connectivity index (χ3v) is 4.73. The Hall–Kier alpha value is -1.04. The van der Waals surface area contributed by atoms with Crippen LogP contribution < -0.4 is 0 Å². The number of piperidine rings is 1. The molecule has 0 saturated carbocycles. The summed E-state index contributed by atoms with van der Waals surface area (Å²) in [6, 6.07) is 0. The summed E-state index contributed by atoms with van der Waals surface area (Å²) < 4.78 is 45.3. The summed E-state index contributed by atoms with van der Waals surface area (Å²) in [5, 5.41) is 0. The van der Waals surface area contributed by atoms with Crippen molar-refractivity contribution in [3.8, 4) is 0 Å². The first-order chi connectivity index (χ1) is 9.89. The van der Waals surface area contributed by atoms with Crippen molar-refractivity contribution >= 4 is 5.91 Å². The van der Waals surface area contributed by atoms with Crippen LogP contribution in [0.4, 0.5) is 13.2 Å². The van der Waals surface area contributed by atoms with Gasteiger partial charge < -0.3 is 9.64 Å². The van der Waals surface area contributed by atoms with Crippen LogP contribution in [0.1, 0.15) is 32.1 Å². The first-order valence-electron chi connectivity index (χ1n) is 7.42. The van der Waals surface area contributed by atoms with Crippen LogP contribution in [0.25, 0.3) is 0 Å². The minimum absolute atomic E-state index is 0.00330. The number of likely N-dealkylation sites (tertiary alicyclic amines) is 1. The van der Waals surface area contributed by atoms with Gasteiger partial charge in [0.05, 0.1) is 5.92 Å². The number of amides is 1. The molecule has 2 aliphatic heterocycles. The topological polar surface area (TPSA) is 29.5 Å². The summed E-state index contributed by atoms with van der Waals surface area (Å²) in [4.78, 5) is 13.7. The predicted molar refractivity (Wildman–Crippen MR) is 72.7 cm³/mol. The largest absolute Gasteiger partial charge is 0.392 e. The van der Waals surface area contributed by atoms with Crippen LogP contribution in [0, 0.1) is 11.3 Å². The molecule has 0 aromatic carbocycles. The van der Waals surface area contributed by atoms with Crippen LogP contribution >= 0.6 is 0 Å². The maximum atomic E-state index is 13.3. The summed E-state index contributed by atoms with van der Waals surface area (Å²) in [7, 11) is 0. The molecule has 3 nitrogen and oxygen atoms in total. The van der Waals surface area contributed by atoms with Gasteiger partial charge in [-0.05, 0) is 25.7 Å². The molecule has 1 spiro atoms. The van der Waals surface area contributed by atoms with E-state index in [0.717, 1.165) is 0 Å². The minimum Gasteiger partial charge on any atom is -0.381 e. The van der Waals surface area contributed by atoms with E-state index in [4.69, 9.17) is 4.74 Å². The Morgan fingerprint density at radius 3 is 2.62 bits per heavy atom. The Morgan fingerprint density at radius 2 is 2.05 bits per heavy atom. The van der Waals surface area contributed by atoms with Crippen LogP contribution in [0.5, 0.6) is 0 Å². The molecule has 0 N–H and O–H groups in total. The lowest BCUT2D eigenvalue weighted by Crippen LogP contribution is -2.56. The molecular weight excluding hydrogens is 283 g/mol. The Labute approximate surface area is 123 Å². The number of hydrogen-bond donors (Lipinski definition) is 0. The van der Waals surface area contributed by atoms with E-state index in [-0.39, 0.29) is 25.4 Å². The third kappa shape index (κ3) is 3.59. The zero-order valence-corrected chi connectivity index (χ0v) is 12.1. The van der Waals surface area contributed by atoms with Crippen LogP contribution in [0.2, 0.25) is 0 Å². The zero-order chi connectivity index (χ0) is 15.5. The number of nitrogens with zero attached hydrogens (tertiary/aromatic N) is 1. The molecule has 1 amide bonds. The maximum Gasteiger partial charge on any atom is 0.392 e. The molecule has 2 aliphatic rings. The van der Waals surface area contributed by atoms with Crippen molar-refractivity contribution in [3.05, 3.63) is 12.7 Å². The van der Waals surface area contributed by atoms with Crippen LogP contribution in [0.15, 0.2) is 12.7 Å². The van der Waals surface area contributed by atoms with E-state index < -0.39 is 17.5 Å². The average Bonchev–Trinajstić information content (AvgIpc) is 2.44. The van der Waals surface area contributed by atoms with Crippen molar-refractivity contribution in [2.24, 2.45) is 11.3 Å². The molecule has 6 heteroatoms. The second-order valence-corrected chi connectivity index (χ2v) is 6.00. The van der Waals surface area contributed by atoms with E-state index in [1.54, 1.807) is 11.0 Å². The SMILES string of the molecule is C=CCCC(=O)N1CC[C@@H](C(F)(F)F)C2(CCOCC2)C1. The van der Waals surface area contributed by atoms with Crippen molar-refractivity contribution in [2.75, 3.05) is 26.3 Å². The fraction of sp³-hybridized carbons (Fsp3) is 0.800. The molecule has 0 radical (unpaired) electrons. The van der Waals surface area contributed by atoms with Gasteiger partial charge in [0.25, 0.3) is 0 Å². The number of allylic oxidation sites excluding steroid dienone is 1. The Kier molecular flexibility index (Phi) is 4.96. The van der Waals surface area contributed by atoms with Gasteiger partial charge in [0.15, 0.2) is 0 Å². The summed E-state index contributed by atoms with van der Waals surface area (Å²) in [6.07, 6.45) is -0.896. The van der Waals surface area contributed by atoms with Gasteiger partial charge in [0.2, 0.25) is 5.91 Å². The van der Waals surface area contributed by atoms with Gasteiger partial charge in [-0.3, -0.25) is 4.79 Å². The number of alkyl halides is 3. The molecule has 120 valence electrons. The number of halogens is 3. The van der Waals surface area contributed by atoms with Crippen LogP contribution in [-0.4, -0.2) is 43.3 Å². The summed E-state index contributed by atoms with van der Waals surface area (Å²) in [5.74, 6) is -1.39. The lowest BCUT2D eigenvalue weighted by atomic mass is 9.65. The number of hydrogen-bond acceptors (Lipinski definition) is 2. The van der Waals surface area contributed by atoms with Gasteiger partial charge in [0.1, 0.15) is 0 Å². The van der Waals surface area contributed by atoms with E-state index in [1.165, 1.54) is 0 Å². The van der Waals surface area contributed by atoms with Gasteiger partial charge in [-0.25, -0.2) is 0 Å². The highest BCUT2D eigenvalue weighted by Gasteiger charge is 2.56. The quantitative estimate of drug-likeness (QED) is 0.750. The molecule has 0 aromatic rings. The minimum atomic E-state index is -4.20. The highest BCUT2D eigenvalue weighted by atomic mass is 19.4. The molecule has 0 bridgehead atoms. The molecule has 21 heavy (non-hydrogen) atoms. The number of rotatable bonds is 3. The first kappa shape index (κ1) is 16.3. The normalized spacial score (nSPS) is 25.9. The van der Waals surface area contributed by atoms with Gasteiger partial charge in [-0.15, -0.1) is 6.58 Å². The number of carbonyl (C=O) groups excluding carboxylic acids is 1. The van der Waals surface area contributed by atoms with Crippen LogP contribution in [0.3, 0.4) is 0 Å². The highest BCUT2D eigenvalue weighted by Crippen LogP contribution is 2.50. The molecular formula is C15H22F3NO2. The van der Waals surface area contributed by atoms with Gasteiger partial charge in [-0.2, -0.15) is 13.2 Å². The second-order valence-electron chi connectivity index (χ2n) is 6.00. The lowest BCUT2D eigenvalue weighted by Gasteiger charge is -2.50. The fourth-order valence-electron chi connectivity index (χ4n) is 3.55. The monoisotopic (exact) mass is 305 g/mol. The Morgan fingerprint density at radius 1 is 1.38 bits per heavy atom. The van der Waals surface area contributed by atoms with Crippen molar-refractivity contribution in [1.82, 2.24) is 4.90 Å². The highest BCUT2D eigenvalue weighted by molar-refractivity contribution is 5.76. The average molecular weight is 305 g/mol. The van der Waals surface area contributed by atoms with Crippen LogP contribution in [-0.2, 0) is 9.53 Å². The van der Waals surface area contributed by atoms with Crippen molar-refractivity contribution in [1.29, 1.82) is 0 Å². The smallest absolute Gasteiger partial charge is 0.381 e. The molecule has 0 aromatic heterocycles. The van der Waals surface area contributed by atoms with E-state index in [1.807, 2.05) is 0 Å². The summed E-state index contributed by atoms with van der Waals surface area (Å²) in [5.41, 5.74) is -0.863. The molecule has 2 saturated heterocycles. The zero-order valence-electron chi connectivity index (χ0n) is 12.1. The second kappa shape index (κ2) is 6.38. The fourth-order valence-corrected chi connectivity index (χ4v) is 3.55. The van der Waals surface area contributed by atoms with Crippen molar-refractivity contribution < 1.29 is 22.7 Å². The summed E-state index contributed by atoms with van der Waals surface area (Å²) in [6.45, 7) is 4.67. The Balaban J connectivity index is 2.13. The predicted octanol–water partition coefficient (Wildman–Crippen LogP) is 3.16. The number of carbonyl (C=O) groups is 1. The van der Waals surface area contributed by atoms with Gasteiger partial charge in [0, 0.05) is 38.1 Å². The summed E-state index contributed by atoms with van der Waals surface area (Å²) >= 11 is 0. The van der Waals surface area contributed by atoms with Crippen molar-refractivity contribution in [2.45, 2.75) is 38.3 Å². The lowest BCUT2D eigenvalue weighted by molar-refractivity contribution is -0.235. The molecule has 1 atom stereocenters. The first-order valence-corrected chi connectivity index (χ1v) is 7.42. The molecule has 2 rings (SSSR count). The van der Waals surface area contributed by atoms with Crippen molar-refractivity contribution in [3.63, 3.8) is 0 Å². The van der Waals surface area contributed by atoms with Gasteiger partial charge in [-0.1, -0.05) is 6.08 Å². The number of ether oxygens (including phenoxy) is 1. The molecule has 2 fully saturated rings. The van der Waals surface area contributed by atoms with E-state index in [2.05, 4.69) is 6.58 Å². The molecule has 0 unspecified atom stereocenters. The molecule has 0 aliphatic carbocycles. The third-order valence-electron chi connectivity index (χ3n) is 4.73. The Bertz CT molecular complexity index is 389. The molecule has 2 heterocycles. The van der Waals surface area contributed by atoms with Gasteiger partial charge >= 0.3 is 6.18 Å². The maximum absolute atomic E-state index is 13.3.